The first-order valence-electron chi connectivity index (χ1n) is 9.55. The highest BCUT2D eigenvalue weighted by molar-refractivity contribution is 5.76. The molecule has 0 aliphatic heterocycles. The average molecular weight is 372 g/mol. The first kappa shape index (κ1) is 19.4. The molecule has 0 spiro atoms. The molecule has 2 aromatic rings. The number of aryl methyl sites for hydroxylation is 2. The molecule has 3 rings (SSSR count). The van der Waals surface area contributed by atoms with Crippen molar-refractivity contribution in [2.75, 3.05) is 0 Å². The van der Waals surface area contributed by atoms with Crippen molar-refractivity contribution >= 4 is 5.91 Å². The highest BCUT2D eigenvalue weighted by Crippen LogP contribution is 2.27. The molecule has 2 N–H and O–H groups in total. The summed E-state index contributed by atoms with van der Waals surface area (Å²) in [5.74, 6) is 0.284. The van der Waals surface area contributed by atoms with Crippen LogP contribution < -0.4 is 10.7 Å². The summed E-state index contributed by atoms with van der Waals surface area (Å²) in [4.78, 5) is 23.8. The molecule has 0 saturated heterocycles. The monoisotopic (exact) mass is 372 g/mol. The lowest BCUT2D eigenvalue weighted by Crippen LogP contribution is -2.39. The Morgan fingerprint density at radius 1 is 1.30 bits per heavy atom. The van der Waals surface area contributed by atoms with Crippen LogP contribution in [0.1, 0.15) is 37.1 Å². The van der Waals surface area contributed by atoms with Crippen molar-refractivity contribution < 1.29 is 9.90 Å². The summed E-state index contributed by atoms with van der Waals surface area (Å²) < 4.78 is 3.93. The summed E-state index contributed by atoms with van der Waals surface area (Å²) in [5, 5.41) is 17.5. The number of carbonyl (C=O) groups is 1. The van der Waals surface area contributed by atoms with Crippen molar-refractivity contribution in [3.63, 3.8) is 0 Å². The molecule has 1 amide bonds. The summed E-state index contributed by atoms with van der Waals surface area (Å²) in [6.45, 7) is 5.27. The van der Waals surface area contributed by atoms with Crippen LogP contribution in [0.15, 0.2) is 35.4 Å². The van der Waals surface area contributed by atoms with Gasteiger partial charge in [-0.3, -0.25) is 14.3 Å². The summed E-state index contributed by atoms with van der Waals surface area (Å²) >= 11 is 0. The van der Waals surface area contributed by atoms with E-state index in [1.165, 1.54) is 0 Å². The Balaban J connectivity index is 1.45. The Morgan fingerprint density at radius 2 is 2.04 bits per heavy atom. The number of aliphatic hydroxyl groups excluding tert-OH is 1. The molecule has 3 atom stereocenters. The van der Waals surface area contributed by atoms with Gasteiger partial charge in [-0.25, -0.2) is 0 Å². The number of pyridine rings is 1. The van der Waals surface area contributed by atoms with Crippen LogP contribution in [0.4, 0.5) is 0 Å². The average Bonchev–Trinajstić information content (AvgIpc) is 3.20. The van der Waals surface area contributed by atoms with Gasteiger partial charge in [-0.15, -0.1) is 0 Å². The minimum Gasteiger partial charge on any atom is -0.391 e. The maximum atomic E-state index is 12.3. The molecule has 2 heterocycles. The highest BCUT2D eigenvalue weighted by Gasteiger charge is 2.34. The zero-order valence-electron chi connectivity index (χ0n) is 16.0. The van der Waals surface area contributed by atoms with Crippen LogP contribution in [0.3, 0.4) is 0 Å². The van der Waals surface area contributed by atoms with Crippen molar-refractivity contribution in [1.82, 2.24) is 19.7 Å². The van der Waals surface area contributed by atoms with Crippen LogP contribution in [-0.2, 0) is 17.9 Å². The topological polar surface area (TPSA) is 89.2 Å². The first-order valence-corrected chi connectivity index (χ1v) is 9.55. The number of nitrogens with one attached hydrogen (secondary N) is 1. The molecule has 27 heavy (non-hydrogen) atoms. The molecule has 2 aromatic heterocycles. The van der Waals surface area contributed by atoms with Gasteiger partial charge in [0.1, 0.15) is 0 Å². The van der Waals surface area contributed by atoms with Gasteiger partial charge in [0, 0.05) is 55.4 Å². The van der Waals surface area contributed by atoms with Crippen molar-refractivity contribution in [3.8, 4) is 0 Å². The van der Waals surface area contributed by atoms with Gasteiger partial charge in [-0.2, -0.15) is 5.10 Å². The minimum atomic E-state index is -0.502. The standard InChI is InChI=1S/C20H28N4O3/c1-14-9-17(25)10-15(2)24(14)8-3-5-20(27)22-18-11-16(12-19(18)26)13-23-7-4-6-21-23/h4,6-7,9-10,16,18-19,26H,3,5,8,11-13H2,1-2H3,(H,22,27)/t16?,18-,19-/m1/s1. The fourth-order valence-electron chi connectivity index (χ4n) is 4.01. The molecule has 0 bridgehead atoms. The van der Waals surface area contributed by atoms with Crippen molar-refractivity contribution in [1.29, 1.82) is 0 Å². The maximum Gasteiger partial charge on any atom is 0.220 e. The number of amides is 1. The second kappa shape index (κ2) is 8.52. The SMILES string of the molecule is Cc1cc(=O)cc(C)n1CCCC(=O)N[C@@H]1CC(Cn2cccn2)C[C@H]1O. The molecule has 146 valence electrons. The van der Waals surface area contributed by atoms with E-state index in [1.807, 2.05) is 30.8 Å². The van der Waals surface area contributed by atoms with Gasteiger partial charge >= 0.3 is 0 Å². The molecular formula is C20H28N4O3. The third-order valence-corrected chi connectivity index (χ3v) is 5.32. The molecular weight excluding hydrogens is 344 g/mol. The zero-order chi connectivity index (χ0) is 19.4. The van der Waals surface area contributed by atoms with Crippen molar-refractivity contribution in [3.05, 3.63) is 52.2 Å². The van der Waals surface area contributed by atoms with Gasteiger partial charge in [-0.05, 0) is 45.1 Å². The maximum absolute atomic E-state index is 12.3. The van der Waals surface area contributed by atoms with E-state index in [4.69, 9.17) is 0 Å². The second-order valence-electron chi connectivity index (χ2n) is 7.54. The fourth-order valence-corrected chi connectivity index (χ4v) is 4.01. The van der Waals surface area contributed by atoms with E-state index in [0.29, 0.717) is 31.7 Å². The highest BCUT2D eigenvalue weighted by atomic mass is 16.3. The van der Waals surface area contributed by atoms with Gasteiger partial charge in [-0.1, -0.05) is 0 Å². The molecule has 0 radical (unpaired) electrons. The van der Waals surface area contributed by atoms with Gasteiger partial charge in [0.2, 0.25) is 5.91 Å². The predicted octanol–water partition coefficient (Wildman–Crippen LogP) is 1.40. The van der Waals surface area contributed by atoms with E-state index in [1.54, 1.807) is 18.3 Å². The number of carbonyl (C=O) groups excluding carboxylic acids is 1. The Kier molecular flexibility index (Phi) is 6.11. The number of hydrogen-bond donors (Lipinski definition) is 2. The zero-order valence-corrected chi connectivity index (χ0v) is 16.0. The van der Waals surface area contributed by atoms with Crippen molar-refractivity contribution in [2.45, 2.75) is 64.8 Å². The van der Waals surface area contributed by atoms with Crippen LogP contribution in [0.2, 0.25) is 0 Å². The number of aliphatic hydroxyl groups is 1. The Labute approximate surface area is 159 Å². The summed E-state index contributed by atoms with van der Waals surface area (Å²) in [5.41, 5.74) is 1.83. The number of aromatic nitrogens is 3. The smallest absolute Gasteiger partial charge is 0.220 e. The van der Waals surface area contributed by atoms with E-state index in [-0.39, 0.29) is 17.4 Å². The van der Waals surface area contributed by atoms with Gasteiger partial charge in [0.15, 0.2) is 5.43 Å². The van der Waals surface area contributed by atoms with E-state index < -0.39 is 6.10 Å². The second-order valence-corrected chi connectivity index (χ2v) is 7.54. The number of nitrogens with zero attached hydrogens (tertiary/aromatic N) is 3. The summed E-state index contributed by atoms with van der Waals surface area (Å²) in [6, 6.07) is 4.93. The van der Waals surface area contributed by atoms with Crippen molar-refractivity contribution in [2.24, 2.45) is 5.92 Å². The van der Waals surface area contributed by atoms with Crippen LogP contribution in [0, 0.1) is 19.8 Å². The van der Waals surface area contributed by atoms with Gasteiger partial charge in [0.05, 0.1) is 12.1 Å². The predicted molar refractivity (Wildman–Crippen MR) is 102 cm³/mol. The molecule has 7 heteroatoms. The number of hydrogen-bond acceptors (Lipinski definition) is 4. The van der Waals surface area contributed by atoms with Crippen LogP contribution in [0.25, 0.3) is 0 Å². The first-order chi connectivity index (χ1) is 12.9. The van der Waals surface area contributed by atoms with Crippen LogP contribution in [-0.4, -0.2) is 37.5 Å². The summed E-state index contributed by atoms with van der Waals surface area (Å²) in [7, 11) is 0. The van der Waals surface area contributed by atoms with E-state index in [2.05, 4.69) is 15.0 Å². The lowest BCUT2D eigenvalue weighted by Gasteiger charge is -2.17. The Morgan fingerprint density at radius 3 is 2.70 bits per heavy atom. The third-order valence-electron chi connectivity index (χ3n) is 5.32. The lowest BCUT2D eigenvalue weighted by atomic mass is 10.1. The lowest BCUT2D eigenvalue weighted by molar-refractivity contribution is -0.122. The molecule has 1 aliphatic rings. The summed E-state index contributed by atoms with van der Waals surface area (Å²) in [6.07, 6.45) is 5.70. The molecule has 1 fully saturated rings. The van der Waals surface area contributed by atoms with Gasteiger partial charge < -0.3 is 15.0 Å². The Bertz CT molecular complexity index is 802. The number of rotatable bonds is 7. The van der Waals surface area contributed by atoms with Gasteiger partial charge in [0.25, 0.3) is 0 Å². The molecule has 7 nitrogen and oxygen atoms in total. The largest absolute Gasteiger partial charge is 0.391 e. The molecule has 0 aromatic carbocycles. The van der Waals surface area contributed by atoms with E-state index >= 15 is 0 Å². The molecule has 1 unspecified atom stereocenters. The fraction of sp³-hybridized carbons (Fsp3) is 0.550. The Hall–Kier alpha value is -2.41. The quantitative estimate of drug-likeness (QED) is 0.769. The third kappa shape index (κ3) is 5.07. The normalized spacial score (nSPS) is 22.1. The minimum absolute atomic E-state index is 0.0129. The van der Waals surface area contributed by atoms with Crippen LogP contribution >= 0.6 is 0 Å². The molecule has 1 saturated carbocycles. The van der Waals surface area contributed by atoms with Crippen LogP contribution in [0.5, 0.6) is 0 Å². The van der Waals surface area contributed by atoms with E-state index in [0.717, 1.165) is 24.4 Å². The van der Waals surface area contributed by atoms with E-state index in [9.17, 15) is 14.7 Å². The molecule has 1 aliphatic carbocycles.